The second-order valence-electron chi connectivity index (χ2n) is 3.12. The van der Waals surface area contributed by atoms with Crippen molar-refractivity contribution in [1.82, 2.24) is 9.88 Å². The third-order valence-corrected chi connectivity index (χ3v) is 2.03. The Kier molecular flexibility index (Phi) is 4.55. The number of rotatable bonds is 4. The molecule has 0 unspecified atom stereocenters. The smallest absolute Gasteiger partial charge is 0.271 e. The number of pyridine rings is 1. The fourth-order valence-corrected chi connectivity index (χ4v) is 1.14. The van der Waals surface area contributed by atoms with Crippen LogP contribution in [0.2, 0.25) is 0 Å². The molecule has 0 spiro atoms. The van der Waals surface area contributed by atoms with Gasteiger partial charge in [0.2, 0.25) is 0 Å². The van der Waals surface area contributed by atoms with Gasteiger partial charge in [0.1, 0.15) is 11.4 Å². The van der Waals surface area contributed by atoms with E-state index in [1.54, 1.807) is 32.4 Å². The summed E-state index contributed by atoms with van der Waals surface area (Å²) in [5.74, 6) is 0.562. The summed E-state index contributed by atoms with van der Waals surface area (Å²) >= 11 is 3.26. The van der Waals surface area contributed by atoms with Crippen LogP contribution in [0.5, 0.6) is 5.75 Å². The van der Waals surface area contributed by atoms with Crippen LogP contribution in [0.3, 0.4) is 0 Å². The van der Waals surface area contributed by atoms with E-state index in [-0.39, 0.29) is 5.91 Å². The highest BCUT2D eigenvalue weighted by Gasteiger charge is 2.08. The van der Waals surface area contributed by atoms with E-state index < -0.39 is 0 Å². The Labute approximate surface area is 97.4 Å². The van der Waals surface area contributed by atoms with Crippen LogP contribution in [-0.2, 0) is 0 Å². The molecule has 1 amide bonds. The Morgan fingerprint density at radius 3 is 2.73 bits per heavy atom. The largest absolute Gasteiger partial charge is 0.491 e. The summed E-state index contributed by atoms with van der Waals surface area (Å²) in [6, 6.07) is 3.40. The SMILES string of the molecule is CN(C)C(=O)c1ccc(OCCBr)cn1. The molecular formula is C10H13BrN2O2. The van der Waals surface area contributed by atoms with Crippen LogP contribution in [0.15, 0.2) is 18.3 Å². The van der Waals surface area contributed by atoms with Gasteiger partial charge < -0.3 is 9.64 Å². The van der Waals surface area contributed by atoms with E-state index in [2.05, 4.69) is 20.9 Å². The number of carbonyl (C=O) groups excluding carboxylic acids is 1. The lowest BCUT2D eigenvalue weighted by molar-refractivity contribution is 0.0822. The summed E-state index contributed by atoms with van der Waals surface area (Å²) in [5.41, 5.74) is 0.422. The first-order chi connectivity index (χ1) is 7.15. The van der Waals surface area contributed by atoms with E-state index in [0.717, 1.165) is 5.33 Å². The van der Waals surface area contributed by atoms with Gasteiger partial charge in [-0.3, -0.25) is 4.79 Å². The fourth-order valence-electron chi connectivity index (χ4n) is 0.978. The predicted octanol–water partition coefficient (Wildman–Crippen LogP) is 1.56. The second-order valence-corrected chi connectivity index (χ2v) is 3.91. The van der Waals surface area contributed by atoms with Gasteiger partial charge in [-0.05, 0) is 12.1 Å². The number of hydrogen-bond acceptors (Lipinski definition) is 3. The molecule has 0 aliphatic rings. The normalized spacial score (nSPS) is 9.80. The number of nitrogens with zero attached hydrogens (tertiary/aromatic N) is 2. The van der Waals surface area contributed by atoms with Crippen molar-refractivity contribution in [2.24, 2.45) is 0 Å². The molecule has 1 aromatic heterocycles. The molecule has 0 fully saturated rings. The second kappa shape index (κ2) is 5.70. The van der Waals surface area contributed by atoms with Crippen LogP contribution in [0, 0.1) is 0 Å². The molecule has 0 aliphatic carbocycles. The van der Waals surface area contributed by atoms with Gasteiger partial charge in [-0.15, -0.1) is 0 Å². The van der Waals surface area contributed by atoms with Crippen molar-refractivity contribution in [3.8, 4) is 5.75 Å². The number of carbonyl (C=O) groups is 1. The summed E-state index contributed by atoms with van der Waals surface area (Å²) in [6.45, 7) is 0.586. The summed E-state index contributed by atoms with van der Waals surface area (Å²) in [7, 11) is 3.39. The molecule has 1 aromatic rings. The monoisotopic (exact) mass is 272 g/mol. The summed E-state index contributed by atoms with van der Waals surface area (Å²) < 4.78 is 5.32. The lowest BCUT2D eigenvalue weighted by Crippen LogP contribution is -2.22. The third-order valence-electron chi connectivity index (χ3n) is 1.71. The van der Waals surface area contributed by atoms with Crippen molar-refractivity contribution in [1.29, 1.82) is 0 Å². The lowest BCUT2D eigenvalue weighted by atomic mass is 10.3. The lowest BCUT2D eigenvalue weighted by Gasteiger charge is -2.09. The number of ether oxygens (including phenoxy) is 1. The van der Waals surface area contributed by atoms with Crippen LogP contribution in [-0.4, -0.2) is 41.8 Å². The highest BCUT2D eigenvalue weighted by molar-refractivity contribution is 9.09. The van der Waals surface area contributed by atoms with Crippen LogP contribution < -0.4 is 4.74 Å². The quantitative estimate of drug-likeness (QED) is 0.782. The van der Waals surface area contributed by atoms with Gasteiger partial charge >= 0.3 is 0 Å². The van der Waals surface area contributed by atoms with Gasteiger partial charge in [0.15, 0.2) is 0 Å². The van der Waals surface area contributed by atoms with E-state index in [1.165, 1.54) is 4.90 Å². The standard InChI is InChI=1S/C10H13BrN2O2/c1-13(2)10(14)9-4-3-8(7-12-9)15-6-5-11/h3-4,7H,5-6H2,1-2H3. The first-order valence-electron chi connectivity index (χ1n) is 4.51. The van der Waals surface area contributed by atoms with Crippen LogP contribution in [0.1, 0.15) is 10.5 Å². The van der Waals surface area contributed by atoms with Crippen LogP contribution in [0.25, 0.3) is 0 Å². The van der Waals surface area contributed by atoms with E-state index >= 15 is 0 Å². The number of amides is 1. The number of alkyl halides is 1. The van der Waals surface area contributed by atoms with Gasteiger partial charge in [-0.1, -0.05) is 15.9 Å². The fraction of sp³-hybridized carbons (Fsp3) is 0.400. The predicted molar refractivity (Wildman–Crippen MR) is 61.5 cm³/mol. The van der Waals surface area contributed by atoms with Gasteiger partial charge in [0.25, 0.3) is 5.91 Å². The molecule has 5 heteroatoms. The van der Waals surface area contributed by atoms with E-state index in [9.17, 15) is 4.79 Å². The molecule has 4 nitrogen and oxygen atoms in total. The van der Waals surface area contributed by atoms with Crippen molar-refractivity contribution in [3.63, 3.8) is 0 Å². The van der Waals surface area contributed by atoms with Crippen molar-refractivity contribution in [2.75, 3.05) is 26.0 Å². The van der Waals surface area contributed by atoms with Crippen LogP contribution >= 0.6 is 15.9 Å². The molecule has 0 aliphatic heterocycles. The molecule has 1 rings (SSSR count). The maximum Gasteiger partial charge on any atom is 0.271 e. The Hall–Kier alpha value is -1.10. The zero-order chi connectivity index (χ0) is 11.3. The van der Waals surface area contributed by atoms with E-state index in [1.807, 2.05) is 0 Å². The van der Waals surface area contributed by atoms with Crippen molar-refractivity contribution < 1.29 is 9.53 Å². The molecular weight excluding hydrogens is 260 g/mol. The van der Waals surface area contributed by atoms with Crippen LogP contribution in [0.4, 0.5) is 0 Å². The minimum Gasteiger partial charge on any atom is -0.491 e. The number of halogens is 1. The third kappa shape index (κ3) is 3.51. The van der Waals surface area contributed by atoms with E-state index in [0.29, 0.717) is 18.1 Å². The number of hydrogen-bond donors (Lipinski definition) is 0. The Bertz CT molecular complexity index is 325. The van der Waals surface area contributed by atoms with Crippen molar-refractivity contribution in [3.05, 3.63) is 24.0 Å². The summed E-state index contributed by atoms with van der Waals surface area (Å²) in [5, 5.41) is 0.769. The first kappa shape index (κ1) is 12.0. The highest BCUT2D eigenvalue weighted by Crippen LogP contribution is 2.10. The van der Waals surface area contributed by atoms with Crippen molar-refractivity contribution >= 4 is 21.8 Å². The number of aromatic nitrogens is 1. The van der Waals surface area contributed by atoms with Gasteiger partial charge in [0, 0.05) is 19.4 Å². The minimum atomic E-state index is -0.109. The molecule has 0 radical (unpaired) electrons. The zero-order valence-corrected chi connectivity index (χ0v) is 10.3. The molecule has 1 heterocycles. The first-order valence-corrected chi connectivity index (χ1v) is 5.63. The average molecular weight is 273 g/mol. The molecule has 0 bridgehead atoms. The van der Waals surface area contributed by atoms with Gasteiger partial charge in [0.05, 0.1) is 12.8 Å². The summed E-state index contributed by atoms with van der Waals surface area (Å²) in [6.07, 6.45) is 1.55. The molecule has 0 N–H and O–H groups in total. The summed E-state index contributed by atoms with van der Waals surface area (Å²) in [4.78, 5) is 17.0. The Balaban J connectivity index is 2.68. The minimum absolute atomic E-state index is 0.109. The highest BCUT2D eigenvalue weighted by atomic mass is 79.9. The molecule has 0 saturated carbocycles. The average Bonchev–Trinajstić information content (AvgIpc) is 2.26. The van der Waals surface area contributed by atoms with Gasteiger partial charge in [-0.2, -0.15) is 0 Å². The molecule has 0 atom stereocenters. The molecule has 82 valence electrons. The maximum atomic E-state index is 11.5. The topological polar surface area (TPSA) is 42.4 Å². The van der Waals surface area contributed by atoms with Gasteiger partial charge in [-0.25, -0.2) is 4.98 Å². The Morgan fingerprint density at radius 2 is 2.27 bits per heavy atom. The molecule has 0 aromatic carbocycles. The molecule has 0 saturated heterocycles. The maximum absolute atomic E-state index is 11.5. The Morgan fingerprint density at radius 1 is 1.53 bits per heavy atom. The molecule has 15 heavy (non-hydrogen) atoms. The van der Waals surface area contributed by atoms with E-state index in [4.69, 9.17) is 4.74 Å². The zero-order valence-electron chi connectivity index (χ0n) is 8.74. The van der Waals surface area contributed by atoms with Crippen molar-refractivity contribution in [2.45, 2.75) is 0 Å².